The Balaban J connectivity index is 1.52. The number of aliphatic imine (C=N–C) groups is 1. The van der Waals surface area contributed by atoms with Gasteiger partial charge in [0.2, 0.25) is 0 Å². The predicted molar refractivity (Wildman–Crippen MR) is 104 cm³/mol. The molecule has 0 bridgehead atoms. The molecule has 0 saturated heterocycles. The van der Waals surface area contributed by atoms with E-state index in [1.54, 1.807) is 14.2 Å². The van der Waals surface area contributed by atoms with Crippen LogP contribution >= 0.6 is 0 Å². The molecular weight excluding hydrogens is 326 g/mol. The molecule has 0 aliphatic carbocycles. The molecule has 26 heavy (non-hydrogen) atoms. The van der Waals surface area contributed by atoms with E-state index in [-0.39, 0.29) is 0 Å². The minimum absolute atomic E-state index is 0.565. The summed E-state index contributed by atoms with van der Waals surface area (Å²) < 4.78 is 5.17. The van der Waals surface area contributed by atoms with Crippen LogP contribution in [0.4, 0.5) is 0 Å². The third kappa shape index (κ3) is 4.63. The minimum atomic E-state index is 0.565. The van der Waals surface area contributed by atoms with Gasteiger partial charge in [-0.2, -0.15) is 0 Å². The summed E-state index contributed by atoms with van der Waals surface area (Å²) in [6.07, 6.45) is 1.85. The van der Waals surface area contributed by atoms with Gasteiger partial charge in [0.1, 0.15) is 11.6 Å². The summed E-state index contributed by atoms with van der Waals surface area (Å²) in [5.74, 6) is 2.43. The number of nitrogens with one attached hydrogen (secondary N) is 3. The zero-order chi connectivity index (χ0) is 18.2. The zero-order valence-corrected chi connectivity index (χ0v) is 15.0. The summed E-state index contributed by atoms with van der Waals surface area (Å²) >= 11 is 0. The summed E-state index contributed by atoms with van der Waals surface area (Å²) in [6.45, 7) is 1.24. The van der Waals surface area contributed by atoms with Gasteiger partial charge in [-0.25, -0.2) is 4.98 Å². The lowest BCUT2D eigenvalue weighted by Crippen LogP contribution is -2.36. The Kier molecular flexibility index (Phi) is 5.88. The van der Waals surface area contributed by atoms with E-state index in [9.17, 15) is 0 Å². The van der Waals surface area contributed by atoms with Gasteiger partial charge in [0.05, 0.1) is 25.5 Å². The molecule has 0 unspecified atom stereocenters. The molecule has 3 aromatic rings. The number of H-pyrrole nitrogens is 1. The van der Waals surface area contributed by atoms with Crippen LogP contribution in [0.3, 0.4) is 0 Å². The van der Waals surface area contributed by atoms with Crippen molar-refractivity contribution in [3.63, 3.8) is 0 Å². The van der Waals surface area contributed by atoms with Gasteiger partial charge in [-0.3, -0.25) is 4.99 Å². The molecule has 0 atom stereocenters. The van der Waals surface area contributed by atoms with E-state index in [0.29, 0.717) is 13.1 Å². The van der Waals surface area contributed by atoms with Gasteiger partial charge in [-0.15, -0.1) is 0 Å². The van der Waals surface area contributed by atoms with Gasteiger partial charge in [0.15, 0.2) is 5.96 Å². The largest absolute Gasteiger partial charge is 0.497 e. The number of methoxy groups -OCH3 is 1. The molecule has 0 amide bonds. The topological polar surface area (TPSA) is 74.3 Å². The molecule has 134 valence electrons. The van der Waals surface area contributed by atoms with Crippen LogP contribution in [0.1, 0.15) is 11.4 Å². The second-order valence-electron chi connectivity index (χ2n) is 5.74. The first kappa shape index (κ1) is 17.5. The predicted octanol–water partition coefficient (Wildman–Crippen LogP) is 2.95. The van der Waals surface area contributed by atoms with Crippen LogP contribution in [0.25, 0.3) is 11.3 Å². The molecule has 3 rings (SSSR count). The van der Waals surface area contributed by atoms with Crippen LogP contribution in [0.15, 0.2) is 65.8 Å². The zero-order valence-electron chi connectivity index (χ0n) is 15.0. The van der Waals surface area contributed by atoms with Crippen LogP contribution in [0, 0.1) is 0 Å². The Morgan fingerprint density at radius 1 is 1.04 bits per heavy atom. The molecule has 0 radical (unpaired) electrons. The highest BCUT2D eigenvalue weighted by atomic mass is 16.5. The van der Waals surface area contributed by atoms with E-state index < -0.39 is 0 Å². The van der Waals surface area contributed by atoms with Gasteiger partial charge in [-0.05, 0) is 23.3 Å². The number of ether oxygens (including phenoxy) is 1. The fourth-order valence-electron chi connectivity index (χ4n) is 2.53. The Bertz CT molecular complexity index is 840. The standard InChI is InChI=1S/C20H23N5O/c1-21-20(23-12-15-8-10-17(26-2)11-9-15)24-14-19-22-13-18(25-19)16-6-4-3-5-7-16/h3-11,13H,12,14H2,1-2H3,(H,22,25)(H2,21,23,24). The lowest BCUT2D eigenvalue weighted by molar-refractivity contribution is 0.414. The highest BCUT2D eigenvalue weighted by Crippen LogP contribution is 2.15. The second kappa shape index (κ2) is 8.71. The number of aromatic nitrogens is 2. The second-order valence-corrected chi connectivity index (χ2v) is 5.74. The van der Waals surface area contributed by atoms with Crippen molar-refractivity contribution in [2.45, 2.75) is 13.1 Å². The highest BCUT2D eigenvalue weighted by Gasteiger charge is 2.04. The summed E-state index contributed by atoms with van der Waals surface area (Å²) in [7, 11) is 3.41. The van der Waals surface area contributed by atoms with E-state index in [4.69, 9.17) is 4.74 Å². The van der Waals surface area contributed by atoms with Gasteiger partial charge in [0.25, 0.3) is 0 Å². The molecule has 3 N–H and O–H groups in total. The van der Waals surface area contributed by atoms with Crippen molar-refractivity contribution in [2.75, 3.05) is 14.2 Å². The van der Waals surface area contributed by atoms with E-state index in [2.05, 4.69) is 37.7 Å². The number of hydrogen-bond donors (Lipinski definition) is 3. The monoisotopic (exact) mass is 349 g/mol. The van der Waals surface area contributed by atoms with Crippen molar-refractivity contribution < 1.29 is 4.74 Å². The Morgan fingerprint density at radius 3 is 2.46 bits per heavy atom. The van der Waals surface area contributed by atoms with Crippen LogP contribution in [0.5, 0.6) is 5.75 Å². The van der Waals surface area contributed by atoms with Gasteiger partial charge >= 0.3 is 0 Å². The number of hydrogen-bond acceptors (Lipinski definition) is 3. The van der Waals surface area contributed by atoms with Crippen molar-refractivity contribution in [1.82, 2.24) is 20.6 Å². The quantitative estimate of drug-likeness (QED) is 0.472. The lowest BCUT2D eigenvalue weighted by atomic mass is 10.2. The van der Waals surface area contributed by atoms with Crippen LogP contribution in [-0.4, -0.2) is 30.1 Å². The third-order valence-electron chi connectivity index (χ3n) is 3.98. The van der Waals surface area contributed by atoms with E-state index in [1.807, 2.05) is 48.7 Å². The molecule has 0 fully saturated rings. The minimum Gasteiger partial charge on any atom is -0.497 e. The fourth-order valence-corrected chi connectivity index (χ4v) is 2.53. The van der Waals surface area contributed by atoms with Crippen molar-refractivity contribution in [1.29, 1.82) is 0 Å². The number of benzene rings is 2. The smallest absolute Gasteiger partial charge is 0.191 e. The summed E-state index contributed by atoms with van der Waals surface area (Å²) in [4.78, 5) is 12.0. The lowest BCUT2D eigenvalue weighted by Gasteiger charge is -2.11. The Labute approximate surface area is 153 Å². The third-order valence-corrected chi connectivity index (χ3v) is 3.98. The van der Waals surface area contributed by atoms with Crippen LogP contribution in [0.2, 0.25) is 0 Å². The number of aromatic amines is 1. The average Bonchev–Trinajstić information content (AvgIpc) is 3.18. The van der Waals surface area contributed by atoms with E-state index in [1.165, 1.54) is 0 Å². The van der Waals surface area contributed by atoms with Gasteiger partial charge < -0.3 is 20.4 Å². The van der Waals surface area contributed by atoms with Gasteiger partial charge in [0, 0.05) is 13.6 Å². The molecule has 0 saturated carbocycles. The Morgan fingerprint density at radius 2 is 1.77 bits per heavy atom. The maximum atomic E-state index is 5.17. The fraction of sp³-hybridized carbons (Fsp3) is 0.200. The summed E-state index contributed by atoms with van der Waals surface area (Å²) in [5.41, 5.74) is 3.27. The van der Waals surface area contributed by atoms with Crippen LogP contribution in [-0.2, 0) is 13.1 Å². The number of rotatable bonds is 6. The number of nitrogens with zero attached hydrogens (tertiary/aromatic N) is 2. The molecule has 6 nitrogen and oxygen atoms in total. The van der Waals surface area contributed by atoms with E-state index in [0.717, 1.165) is 34.4 Å². The molecule has 1 aromatic heterocycles. The van der Waals surface area contributed by atoms with E-state index >= 15 is 0 Å². The first-order valence-electron chi connectivity index (χ1n) is 8.45. The first-order valence-corrected chi connectivity index (χ1v) is 8.45. The van der Waals surface area contributed by atoms with Gasteiger partial charge in [-0.1, -0.05) is 42.5 Å². The highest BCUT2D eigenvalue weighted by molar-refractivity contribution is 5.79. The van der Waals surface area contributed by atoms with Crippen molar-refractivity contribution in [3.05, 3.63) is 72.2 Å². The SMILES string of the molecule is CN=C(NCc1ccc(OC)cc1)NCc1ncc(-c2ccccc2)[nH]1. The molecule has 2 aromatic carbocycles. The van der Waals surface area contributed by atoms with Crippen molar-refractivity contribution in [3.8, 4) is 17.0 Å². The maximum absolute atomic E-state index is 5.17. The van der Waals surface area contributed by atoms with Crippen molar-refractivity contribution in [2.24, 2.45) is 4.99 Å². The first-order chi connectivity index (χ1) is 12.8. The van der Waals surface area contributed by atoms with Crippen LogP contribution < -0.4 is 15.4 Å². The molecule has 0 aliphatic heterocycles. The summed E-state index contributed by atoms with van der Waals surface area (Å²) in [6, 6.07) is 18.1. The molecule has 6 heteroatoms. The number of guanidine groups is 1. The summed E-state index contributed by atoms with van der Waals surface area (Å²) in [5, 5.41) is 6.55. The molecule has 0 aliphatic rings. The maximum Gasteiger partial charge on any atom is 0.191 e. The molecule has 0 spiro atoms. The van der Waals surface area contributed by atoms with Crippen molar-refractivity contribution >= 4 is 5.96 Å². The Hall–Kier alpha value is -3.28. The average molecular weight is 349 g/mol. The number of imidazole rings is 1. The molecular formula is C20H23N5O. The molecule has 1 heterocycles. The normalized spacial score (nSPS) is 11.2.